The maximum absolute atomic E-state index is 12.4. The summed E-state index contributed by atoms with van der Waals surface area (Å²) in [6, 6.07) is 5.46. The van der Waals surface area contributed by atoms with Gasteiger partial charge < -0.3 is 4.90 Å². The molecule has 21 heavy (non-hydrogen) atoms. The number of hydrogen-bond acceptors (Lipinski definition) is 5. The first kappa shape index (κ1) is 15.8. The Morgan fingerprint density at radius 2 is 1.95 bits per heavy atom. The van der Waals surface area contributed by atoms with Gasteiger partial charge in [-0.3, -0.25) is 0 Å². The molecule has 0 saturated carbocycles. The van der Waals surface area contributed by atoms with Gasteiger partial charge in [-0.05, 0) is 24.3 Å². The van der Waals surface area contributed by atoms with Crippen molar-refractivity contribution < 1.29 is 17.2 Å². The SMILES string of the molecule is CN(CCc1nccs1)c1ccc(S(=O)(=O)C(F)F)cc1. The van der Waals surface area contributed by atoms with Crippen molar-refractivity contribution in [2.75, 3.05) is 18.5 Å². The van der Waals surface area contributed by atoms with E-state index in [0.29, 0.717) is 6.54 Å². The first-order valence-electron chi connectivity index (χ1n) is 6.13. The molecule has 4 nitrogen and oxygen atoms in total. The zero-order valence-corrected chi connectivity index (χ0v) is 12.9. The van der Waals surface area contributed by atoms with Crippen molar-refractivity contribution in [2.45, 2.75) is 17.1 Å². The third-order valence-electron chi connectivity index (χ3n) is 2.99. The second-order valence-corrected chi connectivity index (χ2v) is 7.29. The molecular formula is C13H14F2N2O2S2. The average Bonchev–Trinajstić information content (AvgIpc) is 2.98. The Labute approximate surface area is 126 Å². The Kier molecular flexibility index (Phi) is 4.89. The molecule has 2 rings (SSSR count). The molecule has 0 unspecified atom stereocenters. The average molecular weight is 332 g/mol. The van der Waals surface area contributed by atoms with E-state index < -0.39 is 15.6 Å². The lowest BCUT2D eigenvalue weighted by atomic mass is 10.3. The summed E-state index contributed by atoms with van der Waals surface area (Å²) in [5.41, 5.74) is 0.764. The van der Waals surface area contributed by atoms with Gasteiger partial charge in [0.15, 0.2) is 0 Å². The van der Waals surface area contributed by atoms with Crippen LogP contribution in [0.2, 0.25) is 0 Å². The van der Waals surface area contributed by atoms with Gasteiger partial charge in [0.2, 0.25) is 9.84 Å². The van der Waals surface area contributed by atoms with Gasteiger partial charge in [0.05, 0.1) is 9.90 Å². The molecule has 0 amide bonds. The highest BCUT2D eigenvalue weighted by Gasteiger charge is 2.26. The number of likely N-dealkylation sites (N-methyl/N-ethyl adjacent to an activating group) is 1. The van der Waals surface area contributed by atoms with E-state index in [1.807, 2.05) is 17.3 Å². The van der Waals surface area contributed by atoms with Crippen LogP contribution in [-0.2, 0) is 16.3 Å². The highest BCUT2D eigenvalue weighted by molar-refractivity contribution is 7.91. The molecule has 0 aliphatic carbocycles. The van der Waals surface area contributed by atoms with Crippen molar-refractivity contribution in [1.82, 2.24) is 4.98 Å². The summed E-state index contributed by atoms with van der Waals surface area (Å²) < 4.78 is 47.5. The lowest BCUT2D eigenvalue weighted by Crippen LogP contribution is -2.20. The van der Waals surface area contributed by atoms with E-state index in [1.165, 1.54) is 24.3 Å². The lowest BCUT2D eigenvalue weighted by molar-refractivity contribution is 0.234. The zero-order chi connectivity index (χ0) is 15.5. The largest absolute Gasteiger partial charge is 0.374 e. The van der Waals surface area contributed by atoms with Gasteiger partial charge in [0.25, 0.3) is 0 Å². The van der Waals surface area contributed by atoms with Crippen LogP contribution in [0.1, 0.15) is 5.01 Å². The van der Waals surface area contributed by atoms with Crippen LogP contribution in [0.4, 0.5) is 14.5 Å². The fourth-order valence-electron chi connectivity index (χ4n) is 1.76. The number of alkyl halides is 2. The van der Waals surface area contributed by atoms with Gasteiger partial charge >= 0.3 is 5.76 Å². The van der Waals surface area contributed by atoms with Gasteiger partial charge in [-0.25, -0.2) is 13.4 Å². The van der Waals surface area contributed by atoms with Crippen LogP contribution in [0.3, 0.4) is 0 Å². The molecule has 1 aromatic carbocycles. The summed E-state index contributed by atoms with van der Waals surface area (Å²) in [5.74, 6) is -3.40. The quantitative estimate of drug-likeness (QED) is 0.816. The summed E-state index contributed by atoms with van der Waals surface area (Å²) in [7, 11) is -2.68. The number of thiazole rings is 1. The fraction of sp³-hybridized carbons (Fsp3) is 0.308. The fourth-order valence-corrected chi connectivity index (χ4v) is 3.09. The van der Waals surface area contributed by atoms with Crippen LogP contribution in [0.15, 0.2) is 40.7 Å². The molecule has 0 spiro atoms. The third-order valence-corrected chi connectivity index (χ3v) is 5.22. The number of aromatic nitrogens is 1. The van der Waals surface area contributed by atoms with Crippen LogP contribution in [-0.4, -0.2) is 32.8 Å². The molecule has 0 radical (unpaired) electrons. The first-order chi connectivity index (χ1) is 9.91. The van der Waals surface area contributed by atoms with Gasteiger partial charge in [-0.15, -0.1) is 11.3 Å². The molecular weight excluding hydrogens is 318 g/mol. The van der Waals surface area contributed by atoms with Crippen LogP contribution >= 0.6 is 11.3 Å². The molecule has 8 heteroatoms. The van der Waals surface area contributed by atoms with Gasteiger partial charge in [-0.2, -0.15) is 8.78 Å². The Balaban J connectivity index is 2.05. The van der Waals surface area contributed by atoms with E-state index in [2.05, 4.69) is 4.98 Å². The van der Waals surface area contributed by atoms with Gasteiger partial charge in [0, 0.05) is 37.3 Å². The molecule has 1 heterocycles. The Bertz CT molecular complexity index is 671. The van der Waals surface area contributed by atoms with Gasteiger partial charge in [-0.1, -0.05) is 0 Å². The van der Waals surface area contributed by atoms with Crippen LogP contribution in [0, 0.1) is 0 Å². The predicted octanol–water partition coefficient (Wildman–Crippen LogP) is 2.82. The number of hydrogen-bond donors (Lipinski definition) is 0. The molecule has 0 aliphatic heterocycles. The van der Waals surface area contributed by atoms with Crippen molar-refractivity contribution in [2.24, 2.45) is 0 Å². The molecule has 0 bridgehead atoms. The smallest absolute Gasteiger partial charge is 0.341 e. The summed E-state index contributed by atoms with van der Waals surface area (Å²) in [6.07, 6.45) is 2.51. The first-order valence-corrected chi connectivity index (χ1v) is 8.55. The molecule has 0 aliphatic rings. The summed E-state index contributed by atoms with van der Waals surface area (Å²) >= 11 is 1.57. The highest BCUT2D eigenvalue weighted by atomic mass is 32.2. The third kappa shape index (κ3) is 3.76. The number of nitrogens with zero attached hydrogens (tertiary/aromatic N) is 2. The van der Waals surface area contributed by atoms with E-state index in [0.717, 1.165) is 17.1 Å². The molecule has 0 fully saturated rings. The number of halogens is 2. The minimum Gasteiger partial charge on any atom is -0.374 e. The van der Waals surface area contributed by atoms with E-state index in [9.17, 15) is 17.2 Å². The molecule has 0 saturated heterocycles. The molecule has 2 aromatic rings. The number of rotatable bonds is 6. The summed E-state index contributed by atoms with van der Waals surface area (Å²) in [4.78, 5) is 5.73. The summed E-state index contributed by atoms with van der Waals surface area (Å²) in [5, 5.41) is 2.91. The molecule has 114 valence electrons. The van der Waals surface area contributed by atoms with Gasteiger partial charge in [0.1, 0.15) is 0 Å². The topological polar surface area (TPSA) is 50.3 Å². The second-order valence-electron chi connectivity index (χ2n) is 4.40. The minimum absolute atomic E-state index is 0.366. The molecule has 0 atom stereocenters. The van der Waals surface area contributed by atoms with E-state index in [4.69, 9.17) is 0 Å². The van der Waals surface area contributed by atoms with Crippen LogP contribution < -0.4 is 4.90 Å². The Morgan fingerprint density at radius 1 is 1.29 bits per heavy atom. The maximum atomic E-state index is 12.4. The van der Waals surface area contributed by atoms with Crippen LogP contribution in [0.25, 0.3) is 0 Å². The normalized spacial score (nSPS) is 11.8. The molecule has 0 N–H and O–H groups in total. The number of sulfone groups is 1. The Hall–Kier alpha value is -1.54. The standard InChI is InChI=1S/C13H14F2N2O2S2/c1-17(8-6-12-16-7-9-20-12)10-2-4-11(5-3-10)21(18,19)13(14)15/h2-5,7,9,13H,6,8H2,1H3. The predicted molar refractivity (Wildman–Crippen MR) is 78.7 cm³/mol. The number of benzene rings is 1. The monoisotopic (exact) mass is 332 g/mol. The summed E-state index contributed by atoms with van der Waals surface area (Å²) in [6.45, 7) is 0.703. The zero-order valence-electron chi connectivity index (χ0n) is 11.2. The second kappa shape index (κ2) is 6.48. The molecule has 1 aromatic heterocycles. The maximum Gasteiger partial charge on any atom is 0.341 e. The van der Waals surface area contributed by atoms with Crippen molar-refractivity contribution in [3.63, 3.8) is 0 Å². The number of anilines is 1. The van der Waals surface area contributed by atoms with Crippen molar-refractivity contribution >= 4 is 26.9 Å². The lowest BCUT2D eigenvalue weighted by Gasteiger charge is -2.19. The minimum atomic E-state index is -4.53. The highest BCUT2D eigenvalue weighted by Crippen LogP contribution is 2.22. The van der Waals surface area contributed by atoms with Crippen molar-refractivity contribution in [3.05, 3.63) is 40.8 Å². The van der Waals surface area contributed by atoms with Crippen molar-refractivity contribution in [3.8, 4) is 0 Å². The van der Waals surface area contributed by atoms with E-state index in [-0.39, 0.29) is 4.90 Å². The van der Waals surface area contributed by atoms with Crippen molar-refractivity contribution in [1.29, 1.82) is 0 Å². The van der Waals surface area contributed by atoms with Crippen LogP contribution in [0.5, 0.6) is 0 Å². The van der Waals surface area contributed by atoms with E-state index >= 15 is 0 Å². The Morgan fingerprint density at radius 3 is 2.48 bits per heavy atom. The van der Waals surface area contributed by atoms with E-state index in [1.54, 1.807) is 17.5 Å².